The van der Waals surface area contributed by atoms with E-state index in [1.54, 1.807) is 11.3 Å². The Bertz CT molecular complexity index is 983. The molecule has 0 spiro atoms. The Hall–Kier alpha value is -2.79. The largest absolute Gasteiger partial charge is 0.493 e. The van der Waals surface area contributed by atoms with E-state index < -0.39 is 0 Å². The molecule has 2 aromatic carbocycles. The third-order valence-corrected chi connectivity index (χ3v) is 5.91. The van der Waals surface area contributed by atoms with Crippen LogP contribution in [0.2, 0.25) is 0 Å². The summed E-state index contributed by atoms with van der Waals surface area (Å²) in [5.74, 6) is 1.78. The number of thiophene rings is 1. The fourth-order valence-corrected chi connectivity index (χ4v) is 4.52. The number of nitrogens with zero attached hydrogens (tertiary/aromatic N) is 2. The van der Waals surface area contributed by atoms with Crippen LogP contribution in [-0.2, 0) is 0 Å². The van der Waals surface area contributed by atoms with Gasteiger partial charge in [-0.1, -0.05) is 36.4 Å². The zero-order chi connectivity index (χ0) is 18.2. The van der Waals surface area contributed by atoms with Crippen LogP contribution in [0.5, 0.6) is 11.5 Å². The summed E-state index contributed by atoms with van der Waals surface area (Å²) < 4.78 is 12.3. The van der Waals surface area contributed by atoms with E-state index in [0.29, 0.717) is 6.61 Å². The van der Waals surface area contributed by atoms with Gasteiger partial charge in [-0.05, 0) is 36.6 Å². The van der Waals surface area contributed by atoms with Crippen molar-refractivity contribution in [1.29, 1.82) is 0 Å². The number of ether oxygens (including phenoxy) is 2. The van der Waals surface area contributed by atoms with E-state index in [0.717, 1.165) is 29.2 Å². The lowest BCUT2D eigenvalue weighted by molar-refractivity contribution is -0.0205. The van der Waals surface area contributed by atoms with Crippen LogP contribution >= 0.6 is 11.3 Å². The van der Waals surface area contributed by atoms with Gasteiger partial charge in [0.15, 0.2) is 0 Å². The first kappa shape index (κ1) is 16.4. The lowest BCUT2D eigenvalue weighted by atomic mass is 9.97. The molecule has 0 unspecified atom stereocenters. The van der Waals surface area contributed by atoms with Crippen molar-refractivity contribution in [2.75, 3.05) is 6.61 Å². The summed E-state index contributed by atoms with van der Waals surface area (Å²) in [5.41, 5.74) is 3.32. The third kappa shape index (κ3) is 2.79. The van der Waals surface area contributed by atoms with Crippen LogP contribution in [0.3, 0.4) is 0 Å². The van der Waals surface area contributed by atoms with Gasteiger partial charge in [0.25, 0.3) is 0 Å². The van der Waals surface area contributed by atoms with Crippen LogP contribution in [0, 0.1) is 0 Å². The molecule has 1 aromatic heterocycles. The van der Waals surface area contributed by atoms with Crippen molar-refractivity contribution in [3.63, 3.8) is 0 Å². The maximum atomic E-state index is 6.43. The van der Waals surface area contributed by atoms with Crippen molar-refractivity contribution in [2.45, 2.75) is 25.6 Å². The number of rotatable bonds is 4. The van der Waals surface area contributed by atoms with E-state index >= 15 is 0 Å². The fourth-order valence-electron chi connectivity index (χ4n) is 3.80. The molecule has 3 aromatic rings. The summed E-state index contributed by atoms with van der Waals surface area (Å²) in [4.78, 5) is 1.22. The first-order chi connectivity index (χ1) is 13.3. The Kier molecular flexibility index (Phi) is 4.09. The topological polar surface area (TPSA) is 34.1 Å². The highest BCUT2D eigenvalue weighted by Gasteiger charge is 2.41. The molecule has 5 rings (SSSR count). The number of hydrazone groups is 1. The van der Waals surface area contributed by atoms with E-state index in [1.807, 2.05) is 37.3 Å². The summed E-state index contributed by atoms with van der Waals surface area (Å²) in [5, 5.41) is 9.20. The van der Waals surface area contributed by atoms with Crippen molar-refractivity contribution in [1.82, 2.24) is 5.01 Å². The van der Waals surface area contributed by atoms with Crippen LogP contribution in [0.1, 0.15) is 41.6 Å². The van der Waals surface area contributed by atoms with Gasteiger partial charge in [0.05, 0.1) is 28.8 Å². The van der Waals surface area contributed by atoms with Crippen LogP contribution in [-0.4, -0.2) is 17.3 Å². The van der Waals surface area contributed by atoms with Gasteiger partial charge in [0, 0.05) is 12.0 Å². The molecule has 3 heterocycles. The zero-order valence-corrected chi connectivity index (χ0v) is 15.9. The van der Waals surface area contributed by atoms with Crippen molar-refractivity contribution in [3.05, 3.63) is 82.0 Å². The average molecular weight is 376 g/mol. The number of benzene rings is 2. The lowest BCUT2D eigenvalue weighted by Crippen LogP contribution is -2.34. The molecule has 0 radical (unpaired) electrons. The molecule has 2 atom stereocenters. The Morgan fingerprint density at radius 3 is 2.70 bits per heavy atom. The highest BCUT2D eigenvalue weighted by Crippen LogP contribution is 2.48. The molecule has 0 saturated carbocycles. The minimum absolute atomic E-state index is 0.173. The summed E-state index contributed by atoms with van der Waals surface area (Å²) in [7, 11) is 0. The minimum Gasteiger partial charge on any atom is -0.493 e. The van der Waals surface area contributed by atoms with E-state index in [-0.39, 0.29) is 12.3 Å². The van der Waals surface area contributed by atoms with Gasteiger partial charge >= 0.3 is 0 Å². The molecule has 0 bridgehead atoms. The highest BCUT2D eigenvalue weighted by molar-refractivity contribution is 7.12. The SMILES string of the molecule is CCOc1ccccc1[C@@H]1Oc2ccccc2[C@H]2CC(c3cccs3)=NN21. The molecule has 0 saturated heterocycles. The molecule has 0 aliphatic carbocycles. The Labute approximate surface area is 162 Å². The molecule has 136 valence electrons. The first-order valence-corrected chi connectivity index (χ1v) is 10.1. The van der Waals surface area contributed by atoms with Crippen molar-refractivity contribution in [3.8, 4) is 11.5 Å². The quantitative estimate of drug-likeness (QED) is 0.612. The second-order valence-corrected chi connectivity index (χ2v) is 7.55. The third-order valence-electron chi connectivity index (χ3n) is 4.99. The maximum Gasteiger partial charge on any atom is 0.217 e. The van der Waals surface area contributed by atoms with Gasteiger partial charge in [-0.15, -0.1) is 11.3 Å². The molecule has 27 heavy (non-hydrogen) atoms. The molecule has 2 aliphatic rings. The van der Waals surface area contributed by atoms with E-state index in [9.17, 15) is 0 Å². The summed E-state index contributed by atoms with van der Waals surface area (Å²) in [6.07, 6.45) is 0.582. The van der Waals surface area contributed by atoms with Crippen molar-refractivity contribution in [2.24, 2.45) is 5.10 Å². The lowest BCUT2D eigenvalue weighted by Gasteiger charge is -2.38. The van der Waals surface area contributed by atoms with Crippen LogP contribution in [0.25, 0.3) is 0 Å². The molecule has 0 amide bonds. The zero-order valence-electron chi connectivity index (χ0n) is 15.0. The summed E-state index contributed by atoms with van der Waals surface area (Å²) >= 11 is 1.73. The van der Waals surface area contributed by atoms with Crippen molar-refractivity contribution < 1.29 is 9.47 Å². The normalized spacial score (nSPS) is 20.5. The molecule has 2 aliphatic heterocycles. The summed E-state index contributed by atoms with van der Waals surface area (Å²) in [6.45, 7) is 2.62. The van der Waals surface area contributed by atoms with Gasteiger partial charge < -0.3 is 9.47 Å². The van der Waals surface area contributed by atoms with E-state index in [2.05, 4.69) is 40.7 Å². The minimum atomic E-state index is -0.301. The van der Waals surface area contributed by atoms with Gasteiger partial charge in [-0.25, -0.2) is 5.01 Å². The Morgan fingerprint density at radius 2 is 1.89 bits per heavy atom. The van der Waals surface area contributed by atoms with Crippen LogP contribution < -0.4 is 9.47 Å². The average Bonchev–Trinajstić information content (AvgIpc) is 3.38. The molecular weight excluding hydrogens is 356 g/mol. The maximum absolute atomic E-state index is 6.43. The van der Waals surface area contributed by atoms with Gasteiger partial charge in [0.2, 0.25) is 6.23 Å². The standard InChI is InChI=1S/C22H20N2O2S/c1-2-25-19-10-5-4-9-16(19)22-24-18(15-8-3-6-11-20(15)26-22)14-17(23-24)21-12-7-13-27-21/h3-13,18,22H,2,14H2,1H3/t18-,22+/m1/s1. The fraction of sp³-hybridized carbons (Fsp3) is 0.227. The van der Waals surface area contributed by atoms with Gasteiger partial charge in [-0.2, -0.15) is 5.10 Å². The number of para-hydroxylation sites is 2. The predicted octanol–water partition coefficient (Wildman–Crippen LogP) is 5.39. The molecule has 0 N–H and O–H groups in total. The Balaban J connectivity index is 1.61. The second-order valence-electron chi connectivity index (χ2n) is 6.60. The van der Waals surface area contributed by atoms with E-state index in [1.165, 1.54) is 10.4 Å². The van der Waals surface area contributed by atoms with Crippen LogP contribution in [0.4, 0.5) is 0 Å². The van der Waals surface area contributed by atoms with Gasteiger partial charge in [0.1, 0.15) is 11.5 Å². The Morgan fingerprint density at radius 1 is 1.07 bits per heavy atom. The molecule has 0 fully saturated rings. The van der Waals surface area contributed by atoms with Crippen LogP contribution in [0.15, 0.2) is 71.1 Å². The summed E-state index contributed by atoms with van der Waals surface area (Å²) in [6, 6.07) is 20.8. The smallest absolute Gasteiger partial charge is 0.217 e. The highest BCUT2D eigenvalue weighted by atomic mass is 32.1. The number of hydrogen-bond donors (Lipinski definition) is 0. The van der Waals surface area contributed by atoms with Crippen molar-refractivity contribution >= 4 is 17.0 Å². The second kappa shape index (κ2) is 6.74. The first-order valence-electron chi connectivity index (χ1n) is 9.22. The predicted molar refractivity (Wildman–Crippen MR) is 107 cm³/mol. The number of hydrogen-bond acceptors (Lipinski definition) is 5. The van der Waals surface area contributed by atoms with Gasteiger partial charge in [-0.3, -0.25) is 0 Å². The molecule has 5 heteroatoms. The number of fused-ring (bicyclic) bond motifs is 3. The molecular formula is C22H20N2O2S. The van der Waals surface area contributed by atoms with E-state index in [4.69, 9.17) is 14.6 Å². The molecule has 4 nitrogen and oxygen atoms in total. The monoisotopic (exact) mass is 376 g/mol.